The number of ether oxygens (including phenoxy) is 1. The number of benzene rings is 1. The van der Waals surface area contributed by atoms with E-state index in [1.54, 1.807) is 0 Å². The molecule has 17 heavy (non-hydrogen) atoms. The minimum Gasteiger partial charge on any atom is -0.411 e. The van der Waals surface area contributed by atoms with Gasteiger partial charge in [-0.05, 0) is 45.4 Å². The van der Waals surface area contributed by atoms with Crippen molar-refractivity contribution in [1.82, 2.24) is 0 Å². The van der Waals surface area contributed by atoms with E-state index in [0.29, 0.717) is 6.61 Å². The first kappa shape index (κ1) is 14.9. The van der Waals surface area contributed by atoms with Crippen LogP contribution in [0.25, 0.3) is 0 Å². The second-order valence-corrected chi connectivity index (χ2v) is 6.16. The highest BCUT2D eigenvalue weighted by molar-refractivity contribution is 9.10. The van der Waals surface area contributed by atoms with Gasteiger partial charge in [-0.15, -0.1) is 0 Å². The summed E-state index contributed by atoms with van der Waals surface area (Å²) in [5, 5.41) is 0. The highest BCUT2D eigenvalue weighted by Crippen LogP contribution is 2.29. The summed E-state index contributed by atoms with van der Waals surface area (Å²) < 4.78 is 12.3. The van der Waals surface area contributed by atoms with E-state index in [2.05, 4.69) is 32.5 Å². The lowest BCUT2D eigenvalue weighted by Crippen LogP contribution is -2.48. The molecule has 0 bridgehead atoms. The summed E-state index contributed by atoms with van der Waals surface area (Å²) in [6, 6.07) is 8.10. The van der Waals surface area contributed by atoms with Crippen LogP contribution >= 0.6 is 15.9 Å². The molecule has 0 N–H and O–H groups in total. The summed E-state index contributed by atoms with van der Waals surface area (Å²) in [6.45, 7) is 8.57. The average Bonchev–Trinajstić information content (AvgIpc) is 2.26. The summed E-state index contributed by atoms with van der Waals surface area (Å²) in [5.41, 5.74) is 0.338. The Hall–Kier alpha value is -0.163. The Morgan fingerprint density at radius 2 is 1.82 bits per heavy atom. The molecule has 1 aromatic carbocycles. The van der Waals surface area contributed by atoms with Crippen LogP contribution in [-0.2, 0) is 15.8 Å². The molecule has 0 spiro atoms. The van der Waals surface area contributed by atoms with Crippen LogP contribution in [0.4, 0.5) is 0 Å². The van der Waals surface area contributed by atoms with E-state index in [-0.39, 0.29) is 0 Å². The average molecular weight is 314 g/mol. The largest absolute Gasteiger partial charge is 0.411 e. The molecule has 0 fully saturated rings. The van der Waals surface area contributed by atoms with Gasteiger partial charge in [0, 0.05) is 4.47 Å². The second kappa shape index (κ2) is 5.65. The van der Waals surface area contributed by atoms with Crippen molar-refractivity contribution in [1.29, 1.82) is 0 Å². The van der Waals surface area contributed by atoms with Gasteiger partial charge in [0.15, 0.2) is 0 Å². The zero-order valence-electron chi connectivity index (χ0n) is 10.7. The summed E-state index contributed by atoms with van der Waals surface area (Å²) >= 11 is 3.45. The quantitative estimate of drug-likeness (QED) is 0.773. The van der Waals surface area contributed by atoms with Gasteiger partial charge in [0.1, 0.15) is 0 Å². The highest BCUT2D eigenvalue weighted by atomic mass is 79.9. The van der Waals surface area contributed by atoms with Crippen LogP contribution in [-0.4, -0.2) is 21.7 Å². The van der Waals surface area contributed by atoms with Crippen LogP contribution in [0.15, 0.2) is 28.7 Å². The van der Waals surface area contributed by atoms with Crippen molar-refractivity contribution in [2.45, 2.75) is 45.5 Å². The van der Waals surface area contributed by atoms with E-state index in [4.69, 9.17) is 9.16 Å². The third-order valence-corrected chi connectivity index (χ3v) is 4.20. The van der Waals surface area contributed by atoms with E-state index in [1.165, 1.54) is 0 Å². The highest BCUT2D eigenvalue weighted by Gasteiger charge is 2.37. The molecule has 93 valence electrons. The molecule has 0 heterocycles. The van der Waals surface area contributed by atoms with Gasteiger partial charge in [-0.3, -0.25) is 0 Å². The summed E-state index contributed by atoms with van der Waals surface area (Å²) in [4.78, 5) is 0. The topological polar surface area (TPSA) is 18.5 Å². The SMILES string of the molecule is CC(C)(O[Si])C(C)(C)OCc1cccc(Br)c1. The third kappa shape index (κ3) is 3.91. The van der Waals surface area contributed by atoms with Gasteiger partial charge in [-0.2, -0.15) is 0 Å². The molecule has 2 nitrogen and oxygen atoms in total. The fraction of sp³-hybridized carbons (Fsp3) is 0.538. The van der Waals surface area contributed by atoms with Crippen LogP contribution in [0.5, 0.6) is 0 Å². The zero-order chi connectivity index (χ0) is 13.1. The maximum Gasteiger partial charge on any atom is 0.247 e. The van der Waals surface area contributed by atoms with Crippen molar-refractivity contribution in [3.63, 3.8) is 0 Å². The molecule has 0 aliphatic carbocycles. The van der Waals surface area contributed by atoms with Gasteiger partial charge in [0.2, 0.25) is 10.5 Å². The lowest BCUT2D eigenvalue weighted by molar-refractivity contribution is -0.139. The summed E-state index contributed by atoms with van der Waals surface area (Å²) in [7, 11) is 3.11. The van der Waals surface area contributed by atoms with Crippen molar-refractivity contribution < 1.29 is 9.16 Å². The molecule has 1 rings (SSSR count). The smallest absolute Gasteiger partial charge is 0.247 e. The molecule has 0 amide bonds. The standard InChI is InChI=1S/C13H18BrO2Si/c1-12(2,13(3,4)16-17)15-9-10-6-5-7-11(14)8-10/h5-8H,9H2,1-4H3. The molecule has 0 saturated heterocycles. The van der Waals surface area contributed by atoms with Gasteiger partial charge < -0.3 is 9.16 Å². The Morgan fingerprint density at radius 3 is 2.35 bits per heavy atom. The first-order valence-electron chi connectivity index (χ1n) is 5.51. The molecule has 0 aromatic heterocycles. The Balaban J connectivity index is 2.67. The Labute approximate surface area is 115 Å². The van der Waals surface area contributed by atoms with Crippen LogP contribution in [0.2, 0.25) is 0 Å². The van der Waals surface area contributed by atoms with E-state index >= 15 is 0 Å². The predicted octanol–water partition coefficient (Wildman–Crippen LogP) is 3.62. The maximum absolute atomic E-state index is 5.95. The zero-order valence-corrected chi connectivity index (χ0v) is 13.3. The molecular weight excluding hydrogens is 296 g/mol. The fourth-order valence-electron chi connectivity index (χ4n) is 1.19. The molecule has 4 heteroatoms. The Kier molecular flexibility index (Phi) is 4.95. The third-order valence-electron chi connectivity index (χ3n) is 3.19. The molecule has 0 aliphatic rings. The molecule has 0 atom stereocenters. The van der Waals surface area contributed by atoms with Gasteiger partial charge in [0.25, 0.3) is 0 Å². The molecule has 1 aromatic rings. The first-order chi connectivity index (χ1) is 7.78. The van der Waals surface area contributed by atoms with Gasteiger partial charge >= 0.3 is 0 Å². The molecular formula is C13H18BrO2Si. The van der Waals surface area contributed by atoms with E-state index in [0.717, 1.165) is 10.0 Å². The monoisotopic (exact) mass is 313 g/mol. The van der Waals surface area contributed by atoms with Gasteiger partial charge in [-0.25, -0.2) is 0 Å². The van der Waals surface area contributed by atoms with Gasteiger partial charge in [0.05, 0.1) is 17.8 Å². The Morgan fingerprint density at radius 1 is 1.18 bits per heavy atom. The van der Waals surface area contributed by atoms with Crippen LogP contribution < -0.4 is 0 Å². The normalized spacial score (nSPS) is 12.8. The Bertz CT molecular complexity index is 377. The van der Waals surface area contributed by atoms with Crippen LogP contribution in [0, 0.1) is 0 Å². The maximum atomic E-state index is 5.95. The van der Waals surface area contributed by atoms with Crippen molar-refractivity contribution in [3.8, 4) is 0 Å². The molecule has 0 aliphatic heterocycles. The van der Waals surface area contributed by atoms with Crippen molar-refractivity contribution in [2.24, 2.45) is 0 Å². The number of rotatable bonds is 5. The number of halogens is 1. The molecule has 0 saturated carbocycles. The number of hydrogen-bond acceptors (Lipinski definition) is 2. The van der Waals surface area contributed by atoms with Gasteiger partial charge in [-0.1, -0.05) is 28.1 Å². The van der Waals surface area contributed by atoms with E-state index in [9.17, 15) is 0 Å². The molecule has 3 radical (unpaired) electrons. The van der Waals surface area contributed by atoms with E-state index < -0.39 is 11.2 Å². The number of hydrogen-bond donors (Lipinski definition) is 0. The minimum atomic E-state index is -0.407. The summed E-state index contributed by atoms with van der Waals surface area (Å²) in [6.07, 6.45) is 0. The lowest BCUT2D eigenvalue weighted by atomic mass is 9.89. The minimum absolute atomic E-state index is 0.392. The summed E-state index contributed by atoms with van der Waals surface area (Å²) in [5.74, 6) is 0. The van der Waals surface area contributed by atoms with Crippen LogP contribution in [0.3, 0.4) is 0 Å². The fourth-order valence-corrected chi connectivity index (χ4v) is 1.88. The lowest BCUT2D eigenvalue weighted by Gasteiger charge is -2.40. The predicted molar refractivity (Wildman–Crippen MR) is 73.9 cm³/mol. The van der Waals surface area contributed by atoms with Crippen molar-refractivity contribution in [2.75, 3.05) is 0 Å². The van der Waals surface area contributed by atoms with Crippen LogP contribution in [0.1, 0.15) is 33.3 Å². The first-order valence-corrected chi connectivity index (χ1v) is 6.72. The van der Waals surface area contributed by atoms with Crippen molar-refractivity contribution in [3.05, 3.63) is 34.3 Å². The van der Waals surface area contributed by atoms with E-state index in [1.807, 2.05) is 45.9 Å². The second-order valence-electron chi connectivity index (χ2n) is 5.04. The molecule has 0 unspecified atom stereocenters. The van der Waals surface area contributed by atoms with Crippen molar-refractivity contribution >= 4 is 26.4 Å².